The van der Waals surface area contributed by atoms with E-state index in [1.807, 2.05) is 7.48 Å². The van der Waals surface area contributed by atoms with Crippen LogP contribution in [-0.2, 0) is 6.42 Å². The standard InChI is InChI=1S/C14H20BN2O2/c1-10-13(18-12-8-17(9-12)7-6-16)3-2-11-4-5-15-19-14(10)11/h2-3,12H,4-9,16H2,1H3. The average Bonchev–Trinajstić information content (AvgIpc) is 2.39. The Morgan fingerprint density at radius 1 is 1.47 bits per heavy atom. The zero-order valence-corrected chi connectivity index (χ0v) is 11.4. The lowest BCUT2D eigenvalue weighted by molar-refractivity contribution is 0.0218. The van der Waals surface area contributed by atoms with E-state index < -0.39 is 0 Å². The Balaban J connectivity index is 1.66. The van der Waals surface area contributed by atoms with Crippen LogP contribution >= 0.6 is 0 Å². The fraction of sp³-hybridized carbons (Fsp3) is 0.571. The van der Waals surface area contributed by atoms with Crippen molar-refractivity contribution in [1.29, 1.82) is 0 Å². The van der Waals surface area contributed by atoms with Gasteiger partial charge in [0.2, 0.25) is 0 Å². The zero-order chi connectivity index (χ0) is 13.2. The predicted molar refractivity (Wildman–Crippen MR) is 76.0 cm³/mol. The Bertz CT molecular complexity index is 461. The summed E-state index contributed by atoms with van der Waals surface area (Å²) in [5.41, 5.74) is 7.93. The Kier molecular flexibility index (Phi) is 3.66. The van der Waals surface area contributed by atoms with Crippen molar-refractivity contribution in [2.24, 2.45) is 5.73 Å². The predicted octanol–water partition coefficient (Wildman–Crippen LogP) is 0.989. The molecule has 101 valence electrons. The van der Waals surface area contributed by atoms with E-state index >= 15 is 0 Å². The second kappa shape index (κ2) is 5.43. The van der Waals surface area contributed by atoms with Crippen molar-refractivity contribution < 1.29 is 9.39 Å². The summed E-state index contributed by atoms with van der Waals surface area (Å²) in [5.74, 6) is 1.94. The molecule has 1 aromatic rings. The minimum atomic E-state index is 0.288. The number of fused-ring (bicyclic) bond motifs is 1. The summed E-state index contributed by atoms with van der Waals surface area (Å²) >= 11 is 0. The molecule has 5 heteroatoms. The highest BCUT2D eigenvalue weighted by molar-refractivity contribution is 6.29. The van der Waals surface area contributed by atoms with Crippen LogP contribution in [0.5, 0.6) is 11.5 Å². The summed E-state index contributed by atoms with van der Waals surface area (Å²) in [6, 6.07) is 4.20. The van der Waals surface area contributed by atoms with E-state index in [0.717, 1.165) is 49.4 Å². The van der Waals surface area contributed by atoms with Crippen LogP contribution in [0.4, 0.5) is 0 Å². The third-order valence-corrected chi connectivity index (χ3v) is 3.83. The van der Waals surface area contributed by atoms with Gasteiger partial charge in [-0.2, -0.15) is 0 Å². The van der Waals surface area contributed by atoms with Crippen LogP contribution < -0.4 is 15.1 Å². The number of nitrogens with two attached hydrogens (primary N) is 1. The molecule has 0 saturated carbocycles. The first kappa shape index (κ1) is 12.8. The smallest absolute Gasteiger partial charge is 0.370 e. The molecular weight excluding hydrogens is 239 g/mol. The highest BCUT2D eigenvalue weighted by Gasteiger charge is 2.28. The van der Waals surface area contributed by atoms with Gasteiger partial charge in [-0.25, -0.2) is 0 Å². The van der Waals surface area contributed by atoms with Crippen molar-refractivity contribution in [3.05, 3.63) is 23.3 Å². The number of benzene rings is 1. The fourth-order valence-corrected chi connectivity index (χ4v) is 2.72. The third-order valence-electron chi connectivity index (χ3n) is 3.83. The van der Waals surface area contributed by atoms with Crippen LogP contribution in [0, 0.1) is 6.92 Å². The molecule has 0 unspecified atom stereocenters. The van der Waals surface area contributed by atoms with Crippen molar-refractivity contribution in [2.45, 2.75) is 25.8 Å². The summed E-state index contributed by atoms with van der Waals surface area (Å²) in [6.07, 6.45) is 2.34. The second-order valence-electron chi connectivity index (χ2n) is 5.29. The molecule has 2 aliphatic heterocycles. The Hall–Kier alpha value is -1.20. The van der Waals surface area contributed by atoms with Crippen LogP contribution in [0.25, 0.3) is 0 Å². The molecule has 0 spiro atoms. The van der Waals surface area contributed by atoms with Gasteiger partial charge >= 0.3 is 7.48 Å². The van der Waals surface area contributed by atoms with Gasteiger partial charge in [0, 0.05) is 31.7 Å². The molecule has 0 aliphatic carbocycles. The third kappa shape index (κ3) is 2.58. The number of nitrogens with zero attached hydrogens (tertiary/aromatic N) is 1. The summed E-state index contributed by atoms with van der Waals surface area (Å²) in [4.78, 5) is 2.31. The van der Waals surface area contributed by atoms with Gasteiger partial charge in [-0.15, -0.1) is 0 Å². The molecule has 4 nitrogen and oxygen atoms in total. The van der Waals surface area contributed by atoms with E-state index in [-0.39, 0.29) is 6.10 Å². The molecule has 1 aromatic carbocycles. The highest BCUT2D eigenvalue weighted by Crippen LogP contribution is 2.35. The van der Waals surface area contributed by atoms with Crippen LogP contribution in [0.2, 0.25) is 6.32 Å². The second-order valence-corrected chi connectivity index (χ2v) is 5.29. The number of likely N-dealkylation sites (tertiary alicyclic amines) is 1. The first-order valence-corrected chi connectivity index (χ1v) is 6.98. The molecule has 1 radical (unpaired) electrons. The van der Waals surface area contributed by atoms with Crippen molar-refractivity contribution in [3.63, 3.8) is 0 Å². The maximum absolute atomic E-state index is 6.05. The minimum Gasteiger partial charge on any atom is -0.563 e. The molecule has 3 rings (SSSR count). The van der Waals surface area contributed by atoms with Crippen LogP contribution in [0.15, 0.2) is 12.1 Å². The molecule has 1 saturated heterocycles. The van der Waals surface area contributed by atoms with Gasteiger partial charge in [-0.05, 0) is 31.3 Å². The van der Waals surface area contributed by atoms with Gasteiger partial charge in [-0.1, -0.05) is 6.07 Å². The SMILES string of the molecule is Cc1c(OC2CN(CCN)C2)ccc2c1O[B]CC2. The van der Waals surface area contributed by atoms with E-state index in [9.17, 15) is 0 Å². The number of ether oxygens (including phenoxy) is 1. The maximum atomic E-state index is 6.05. The maximum Gasteiger partial charge on any atom is 0.370 e. The molecule has 2 N–H and O–H groups in total. The van der Waals surface area contributed by atoms with Crippen LogP contribution in [0.1, 0.15) is 11.1 Å². The summed E-state index contributed by atoms with van der Waals surface area (Å²) in [7, 11) is 1.88. The molecule has 2 aliphatic rings. The first-order chi connectivity index (χ1) is 9.28. The lowest BCUT2D eigenvalue weighted by Gasteiger charge is -2.39. The van der Waals surface area contributed by atoms with Gasteiger partial charge in [0.25, 0.3) is 0 Å². The lowest BCUT2D eigenvalue weighted by Crippen LogP contribution is -2.55. The fourth-order valence-electron chi connectivity index (χ4n) is 2.72. The zero-order valence-electron chi connectivity index (χ0n) is 11.4. The average molecular weight is 259 g/mol. The molecule has 19 heavy (non-hydrogen) atoms. The van der Waals surface area contributed by atoms with Gasteiger partial charge in [0.1, 0.15) is 17.6 Å². The molecule has 2 heterocycles. The summed E-state index contributed by atoms with van der Waals surface area (Å²) in [6.45, 7) is 5.69. The van der Waals surface area contributed by atoms with E-state index in [1.165, 1.54) is 5.56 Å². The topological polar surface area (TPSA) is 47.7 Å². The summed E-state index contributed by atoms with van der Waals surface area (Å²) in [5, 5.41) is 0. The van der Waals surface area contributed by atoms with Gasteiger partial charge in [0.15, 0.2) is 0 Å². The number of hydrogen-bond acceptors (Lipinski definition) is 4. The van der Waals surface area contributed by atoms with Crippen molar-refractivity contribution in [2.75, 3.05) is 26.2 Å². The van der Waals surface area contributed by atoms with E-state index in [2.05, 4.69) is 24.0 Å². The van der Waals surface area contributed by atoms with Crippen LogP contribution in [-0.4, -0.2) is 44.7 Å². The Morgan fingerprint density at radius 2 is 2.32 bits per heavy atom. The van der Waals surface area contributed by atoms with Crippen molar-refractivity contribution in [1.82, 2.24) is 4.90 Å². The molecule has 0 aromatic heterocycles. The van der Waals surface area contributed by atoms with Gasteiger partial charge in [0.05, 0.1) is 0 Å². The van der Waals surface area contributed by atoms with Gasteiger partial charge in [-0.3, -0.25) is 4.90 Å². The monoisotopic (exact) mass is 259 g/mol. The van der Waals surface area contributed by atoms with Crippen LogP contribution in [0.3, 0.4) is 0 Å². The lowest BCUT2D eigenvalue weighted by atomic mass is 9.85. The largest absolute Gasteiger partial charge is 0.563 e. The quantitative estimate of drug-likeness (QED) is 0.819. The first-order valence-electron chi connectivity index (χ1n) is 6.98. The molecule has 1 fully saturated rings. The normalized spacial score (nSPS) is 19.1. The number of rotatable bonds is 4. The van der Waals surface area contributed by atoms with Gasteiger partial charge < -0.3 is 15.1 Å². The van der Waals surface area contributed by atoms with Crippen molar-refractivity contribution >= 4 is 7.48 Å². The molecule has 0 amide bonds. The minimum absolute atomic E-state index is 0.288. The van der Waals surface area contributed by atoms with E-state index in [1.54, 1.807) is 0 Å². The van der Waals surface area contributed by atoms with Crippen molar-refractivity contribution in [3.8, 4) is 11.5 Å². The number of aryl methyl sites for hydroxylation is 1. The number of hydrogen-bond donors (Lipinski definition) is 1. The Morgan fingerprint density at radius 3 is 3.11 bits per heavy atom. The molecule has 0 atom stereocenters. The highest BCUT2D eigenvalue weighted by atomic mass is 16.5. The van der Waals surface area contributed by atoms with E-state index in [0.29, 0.717) is 6.54 Å². The van der Waals surface area contributed by atoms with E-state index in [4.69, 9.17) is 15.1 Å². The molecular formula is C14H20BN2O2. The molecule has 0 bridgehead atoms. The summed E-state index contributed by atoms with van der Waals surface area (Å²) < 4.78 is 11.7. The Labute approximate surface area is 115 Å².